The van der Waals surface area contributed by atoms with E-state index >= 15 is 0 Å². The van der Waals surface area contributed by atoms with Crippen LogP contribution in [0.2, 0.25) is 0 Å². The van der Waals surface area contributed by atoms with Crippen molar-refractivity contribution in [2.24, 2.45) is 4.99 Å². The van der Waals surface area contributed by atoms with Crippen LogP contribution >= 0.6 is 45.2 Å². The van der Waals surface area contributed by atoms with Crippen LogP contribution in [0, 0.1) is 7.14 Å². The van der Waals surface area contributed by atoms with Gasteiger partial charge in [0.25, 0.3) is 0 Å². The first-order chi connectivity index (χ1) is 14.1. The van der Waals surface area contributed by atoms with E-state index in [1.807, 2.05) is 0 Å². The average Bonchev–Trinajstić information content (AvgIpc) is 3.28. The van der Waals surface area contributed by atoms with E-state index in [1.54, 1.807) is 0 Å². The van der Waals surface area contributed by atoms with E-state index in [-0.39, 0.29) is 0 Å². The van der Waals surface area contributed by atoms with Crippen molar-refractivity contribution in [2.75, 3.05) is 0 Å². The fourth-order valence-electron chi connectivity index (χ4n) is 4.96. The molecule has 0 fully saturated rings. The lowest BCUT2D eigenvalue weighted by Gasteiger charge is -2.11. The number of nitrogens with zero attached hydrogens (tertiary/aromatic N) is 1. The van der Waals surface area contributed by atoms with Gasteiger partial charge in [-0.25, -0.2) is 0 Å². The minimum absolute atomic E-state index is 0.911. The molecule has 0 bridgehead atoms. The van der Waals surface area contributed by atoms with Crippen molar-refractivity contribution in [1.82, 2.24) is 0 Å². The molecule has 0 radical (unpaired) electrons. The molecule has 0 amide bonds. The number of hydrogen-bond donors (Lipinski definition) is 0. The van der Waals surface area contributed by atoms with Crippen LogP contribution in [-0.2, 0) is 12.8 Å². The molecule has 0 atom stereocenters. The van der Waals surface area contributed by atoms with Gasteiger partial charge in [0.05, 0.1) is 11.4 Å². The summed E-state index contributed by atoms with van der Waals surface area (Å²) in [6, 6.07) is 22.4. The number of fused-ring (bicyclic) bond motifs is 7. The SMILES string of the molecule is CC1=C(C2=Nc3c(c4cc(I)ccc4c4ccc(I)cc34)C2)c2ccccc2C1. The summed E-state index contributed by atoms with van der Waals surface area (Å²) in [5, 5.41) is 5.27. The van der Waals surface area contributed by atoms with Crippen molar-refractivity contribution < 1.29 is 0 Å². The zero-order chi connectivity index (χ0) is 19.7. The van der Waals surface area contributed by atoms with Crippen LogP contribution < -0.4 is 0 Å². The van der Waals surface area contributed by atoms with Crippen LogP contribution in [0.5, 0.6) is 0 Å². The summed E-state index contributed by atoms with van der Waals surface area (Å²) in [7, 11) is 0. The first-order valence-corrected chi connectivity index (χ1v) is 12.0. The minimum atomic E-state index is 0.911. The third-order valence-corrected chi connectivity index (χ3v) is 7.51. The predicted octanol–water partition coefficient (Wildman–Crippen LogP) is 7.86. The van der Waals surface area contributed by atoms with Crippen LogP contribution in [-0.4, -0.2) is 5.71 Å². The lowest BCUT2D eigenvalue weighted by Crippen LogP contribution is -2.02. The summed E-state index contributed by atoms with van der Waals surface area (Å²) in [6.07, 6.45) is 1.95. The van der Waals surface area contributed by atoms with Crippen LogP contribution in [0.1, 0.15) is 23.6 Å². The standard InChI is InChI=1S/C26H17I2N/c1-14-10-15-4-2-3-5-18(15)25(14)24-13-23-21-11-16(27)6-8-19(21)20-9-7-17(28)12-22(20)26(23)29-24/h2-9,11-12H,10,13H2,1H3. The monoisotopic (exact) mass is 597 g/mol. The zero-order valence-corrected chi connectivity index (χ0v) is 20.2. The van der Waals surface area contributed by atoms with Gasteiger partial charge < -0.3 is 0 Å². The van der Waals surface area contributed by atoms with E-state index in [2.05, 4.69) is 113 Å². The fraction of sp³-hybridized carbons (Fsp3) is 0.115. The molecule has 140 valence electrons. The molecule has 6 rings (SSSR count). The molecule has 0 saturated carbocycles. The van der Waals surface area contributed by atoms with E-state index in [9.17, 15) is 0 Å². The number of hydrogen-bond acceptors (Lipinski definition) is 1. The van der Waals surface area contributed by atoms with Crippen LogP contribution in [0.25, 0.3) is 27.1 Å². The molecule has 0 saturated heterocycles. The van der Waals surface area contributed by atoms with Gasteiger partial charge in [-0.3, -0.25) is 4.99 Å². The maximum absolute atomic E-state index is 5.28. The van der Waals surface area contributed by atoms with Crippen LogP contribution in [0.15, 0.2) is 71.2 Å². The summed E-state index contributed by atoms with van der Waals surface area (Å²) >= 11 is 4.83. The molecule has 0 aromatic heterocycles. The fourth-order valence-corrected chi connectivity index (χ4v) is 5.94. The second-order valence-electron chi connectivity index (χ2n) is 7.93. The Hall–Kier alpha value is -1.73. The normalized spacial score (nSPS) is 15.2. The molecule has 1 aliphatic heterocycles. The van der Waals surface area contributed by atoms with E-state index in [0.717, 1.165) is 12.8 Å². The van der Waals surface area contributed by atoms with Crippen molar-refractivity contribution in [2.45, 2.75) is 19.8 Å². The van der Waals surface area contributed by atoms with Gasteiger partial charge in [0, 0.05) is 24.5 Å². The van der Waals surface area contributed by atoms with Crippen LogP contribution in [0.3, 0.4) is 0 Å². The summed E-state index contributed by atoms with van der Waals surface area (Å²) in [5.74, 6) is 0. The Bertz CT molecular complexity index is 1430. The van der Waals surface area contributed by atoms with E-state index in [1.165, 1.54) is 67.9 Å². The summed E-state index contributed by atoms with van der Waals surface area (Å²) in [5.41, 5.74) is 9.39. The van der Waals surface area contributed by atoms with Gasteiger partial charge in [0.2, 0.25) is 0 Å². The molecule has 4 aromatic carbocycles. The topological polar surface area (TPSA) is 12.4 Å². The third kappa shape index (κ3) is 2.73. The van der Waals surface area contributed by atoms with Gasteiger partial charge in [-0.2, -0.15) is 0 Å². The molecule has 0 spiro atoms. The Morgan fingerprint density at radius 3 is 2.24 bits per heavy atom. The number of benzene rings is 4. The van der Waals surface area contributed by atoms with Gasteiger partial charge in [0.15, 0.2) is 0 Å². The van der Waals surface area contributed by atoms with Gasteiger partial charge in [0.1, 0.15) is 0 Å². The van der Waals surface area contributed by atoms with Gasteiger partial charge >= 0.3 is 0 Å². The summed E-state index contributed by atoms with van der Waals surface area (Å²) in [4.78, 5) is 5.28. The number of rotatable bonds is 1. The molecule has 29 heavy (non-hydrogen) atoms. The smallest absolute Gasteiger partial charge is 0.0754 e. The predicted molar refractivity (Wildman–Crippen MR) is 140 cm³/mol. The molecule has 1 aliphatic carbocycles. The molecule has 1 heterocycles. The molecule has 0 N–H and O–H groups in total. The number of halogens is 2. The highest BCUT2D eigenvalue weighted by Crippen LogP contribution is 2.45. The Labute approximate surface area is 197 Å². The van der Waals surface area contributed by atoms with Gasteiger partial charge in [-0.1, -0.05) is 42.0 Å². The largest absolute Gasteiger partial charge is 0.251 e. The lowest BCUT2D eigenvalue weighted by atomic mass is 9.92. The maximum atomic E-state index is 5.28. The molecule has 4 aromatic rings. The zero-order valence-electron chi connectivity index (χ0n) is 15.9. The van der Waals surface area contributed by atoms with Crippen molar-refractivity contribution >= 4 is 83.7 Å². The quantitative estimate of drug-likeness (QED) is 0.157. The first kappa shape index (κ1) is 18.1. The molecule has 0 unspecified atom stereocenters. The van der Waals surface area contributed by atoms with Crippen LogP contribution in [0.4, 0.5) is 5.69 Å². The highest BCUT2D eigenvalue weighted by Gasteiger charge is 2.28. The number of aliphatic imine (C=N–C) groups is 1. The summed E-state index contributed by atoms with van der Waals surface area (Å²) < 4.78 is 2.53. The Morgan fingerprint density at radius 1 is 0.759 bits per heavy atom. The van der Waals surface area contributed by atoms with E-state index in [4.69, 9.17) is 4.99 Å². The molecule has 1 nitrogen and oxygen atoms in total. The lowest BCUT2D eigenvalue weighted by molar-refractivity contribution is 1.19. The van der Waals surface area contributed by atoms with Gasteiger partial charge in [-0.05, 0) is 116 Å². The van der Waals surface area contributed by atoms with Crippen molar-refractivity contribution in [3.05, 3.63) is 90.1 Å². The first-order valence-electron chi connectivity index (χ1n) is 9.79. The Balaban J connectivity index is 1.65. The third-order valence-electron chi connectivity index (χ3n) is 6.17. The highest BCUT2D eigenvalue weighted by atomic mass is 127. The average molecular weight is 597 g/mol. The van der Waals surface area contributed by atoms with E-state index < -0.39 is 0 Å². The maximum Gasteiger partial charge on any atom is 0.0754 e. The molecule has 2 aliphatic rings. The highest BCUT2D eigenvalue weighted by molar-refractivity contribution is 14.1. The van der Waals surface area contributed by atoms with Gasteiger partial charge in [-0.15, -0.1) is 0 Å². The minimum Gasteiger partial charge on any atom is -0.251 e. The summed E-state index contributed by atoms with van der Waals surface area (Å²) in [6.45, 7) is 2.27. The van der Waals surface area contributed by atoms with Crippen molar-refractivity contribution in [1.29, 1.82) is 0 Å². The Kier molecular flexibility index (Phi) is 4.14. The molecular weight excluding hydrogens is 580 g/mol. The van der Waals surface area contributed by atoms with E-state index in [0.29, 0.717) is 0 Å². The molecule has 3 heteroatoms. The second-order valence-corrected chi connectivity index (χ2v) is 10.4. The molecular formula is C26H17I2N. The van der Waals surface area contributed by atoms with Crippen molar-refractivity contribution in [3.8, 4) is 0 Å². The van der Waals surface area contributed by atoms with Crippen molar-refractivity contribution in [3.63, 3.8) is 0 Å². The second kappa shape index (κ2) is 6.64. The Morgan fingerprint density at radius 2 is 1.45 bits per heavy atom. The number of allylic oxidation sites excluding steroid dienone is 2.